The van der Waals surface area contributed by atoms with Gasteiger partial charge in [-0.1, -0.05) is 18.2 Å². The van der Waals surface area contributed by atoms with Crippen LogP contribution in [-0.4, -0.2) is 33.2 Å². The van der Waals surface area contributed by atoms with Crippen molar-refractivity contribution in [3.05, 3.63) is 71.6 Å². The highest BCUT2D eigenvalue weighted by Crippen LogP contribution is 2.25. The average Bonchev–Trinajstić information content (AvgIpc) is 2.95. The first-order chi connectivity index (χ1) is 11.5. The molecular weight excluding hydrogens is 326 g/mol. The summed E-state index contributed by atoms with van der Waals surface area (Å²) in [6, 6.07) is 15.3. The van der Waals surface area contributed by atoms with Crippen LogP contribution in [0.5, 0.6) is 5.75 Å². The Labute approximate surface area is 141 Å². The SMILES string of the molecule is COc1ccc(C(=O)N(c2ccccc2)[C@H]2C=CS(=O)(=O)C2)cc1. The Morgan fingerprint density at radius 3 is 2.29 bits per heavy atom. The minimum atomic E-state index is -3.27. The molecule has 0 unspecified atom stereocenters. The summed E-state index contributed by atoms with van der Waals surface area (Å²) in [6.07, 6.45) is 1.56. The molecule has 6 heteroatoms. The summed E-state index contributed by atoms with van der Waals surface area (Å²) >= 11 is 0. The van der Waals surface area contributed by atoms with Crippen molar-refractivity contribution in [1.29, 1.82) is 0 Å². The molecule has 0 N–H and O–H groups in total. The Kier molecular flexibility index (Phi) is 4.40. The maximum Gasteiger partial charge on any atom is 0.258 e. The molecule has 24 heavy (non-hydrogen) atoms. The molecule has 1 aliphatic rings. The quantitative estimate of drug-likeness (QED) is 0.856. The van der Waals surface area contributed by atoms with E-state index in [0.29, 0.717) is 17.0 Å². The van der Waals surface area contributed by atoms with Crippen molar-refractivity contribution in [3.8, 4) is 5.75 Å². The van der Waals surface area contributed by atoms with Crippen molar-refractivity contribution in [2.75, 3.05) is 17.8 Å². The summed E-state index contributed by atoms with van der Waals surface area (Å²) in [5.74, 6) is 0.292. The Bertz CT molecular complexity index is 858. The second kappa shape index (κ2) is 6.49. The van der Waals surface area contributed by atoms with Gasteiger partial charge in [0.25, 0.3) is 5.91 Å². The summed E-state index contributed by atoms with van der Waals surface area (Å²) < 4.78 is 28.7. The highest BCUT2D eigenvalue weighted by Gasteiger charge is 2.31. The fourth-order valence-corrected chi connectivity index (χ4v) is 3.91. The van der Waals surface area contributed by atoms with Crippen LogP contribution in [-0.2, 0) is 9.84 Å². The number of carbonyl (C=O) groups is 1. The summed E-state index contributed by atoms with van der Waals surface area (Å²) in [6.45, 7) is 0. The Morgan fingerprint density at radius 2 is 1.75 bits per heavy atom. The van der Waals surface area contributed by atoms with Crippen LogP contribution in [0.2, 0.25) is 0 Å². The minimum Gasteiger partial charge on any atom is -0.497 e. The van der Waals surface area contributed by atoms with E-state index in [9.17, 15) is 13.2 Å². The molecule has 0 radical (unpaired) electrons. The topological polar surface area (TPSA) is 63.7 Å². The van der Waals surface area contributed by atoms with Gasteiger partial charge < -0.3 is 9.64 Å². The first kappa shape index (κ1) is 16.3. The smallest absolute Gasteiger partial charge is 0.258 e. The maximum absolute atomic E-state index is 13.0. The number of hydrogen-bond acceptors (Lipinski definition) is 4. The number of hydrogen-bond donors (Lipinski definition) is 0. The zero-order valence-electron chi connectivity index (χ0n) is 13.1. The number of para-hydroxylation sites is 1. The first-order valence-corrected chi connectivity index (χ1v) is 9.15. The highest BCUT2D eigenvalue weighted by atomic mass is 32.2. The predicted octanol–water partition coefficient (Wildman–Crippen LogP) is 2.65. The van der Waals surface area contributed by atoms with Gasteiger partial charge in [-0.3, -0.25) is 4.79 Å². The second-order valence-corrected chi connectivity index (χ2v) is 7.40. The lowest BCUT2D eigenvalue weighted by Crippen LogP contribution is -2.41. The van der Waals surface area contributed by atoms with E-state index in [1.165, 1.54) is 10.3 Å². The lowest BCUT2D eigenvalue weighted by atomic mass is 10.1. The molecule has 1 atom stereocenters. The van der Waals surface area contributed by atoms with Crippen LogP contribution in [0, 0.1) is 0 Å². The summed E-state index contributed by atoms with van der Waals surface area (Å²) in [5, 5.41) is 1.18. The van der Waals surface area contributed by atoms with Crippen molar-refractivity contribution in [3.63, 3.8) is 0 Å². The lowest BCUT2D eigenvalue weighted by molar-refractivity contribution is 0.0983. The average molecular weight is 343 g/mol. The molecule has 0 saturated carbocycles. The third-order valence-corrected chi connectivity index (χ3v) is 5.21. The zero-order valence-corrected chi connectivity index (χ0v) is 13.9. The minimum absolute atomic E-state index is 0.107. The number of amides is 1. The Balaban J connectivity index is 1.98. The number of methoxy groups -OCH3 is 1. The van der Waals surface area contributed by atoms with Gasteiger partial charge in [0.15, 0.2) is 9.84 Å². The molecule has 0 bridgehead atoms. The van der Waals surface area contributed by atoms with Gasteiger partial charge in [0.05, 0.1) is 18.9 Å². The van der Waals surface area contributed by atoms with Crippen LogP contribution in [0.25, 0.3) is 0 Å². The van der Waals surface area contributed by atoms with Crippen molar-refractivity contribution in [2.24, 2.45) is 0 Å². The van der Waals surface area contributed by atoms with E-state index in [1.54, 1.807) is 49.6 Å². The maximum atomic E-state index is 13.0. The van der Waals surface area contributed by atoms with Crippen LogP contribution in [0.1, 0.15) is 10.4 Å². The molecule has 0 fully saturated rings. The predicted molar refractivity (Wildman–Crippen MR) is 93.0 cm³/mol. The van der Waals surface area contributed by atoms with Crippen molar-refractivity contribution < 1.29 is 17.9 Å². The van der Waals surface area contributed by atoms with Crippen molar-refractivity contribution >= 4 is 21.4 Å². The molecular formula is C18H17NO4S. The fourth-order valence-electron chi connectivity index (χ4n) is 2.64. The molecule has 0 saturated heterocycles. The standard InChI is InChI=1S/C18H17NO4S/c1-23-17-9-7-14(8-10-17)18(20)19(15-5-3-2-4-6-15)16-11-12-24(21,22)13-16/h2-12,16H,13H2,1H3/t16-/m0/s1. The molecule has 1 amide bonds. The van der Waals surface area contributed by atoms with Crippen LogP contribution in [0.4, 0.5) is 5.69 Å². The van der Waals surface area contributed by atoms with E-state index in [2.05, 4.69) is 0 Å². The third kappa shape index (κ3) is 3.33. The number of rotatable bonds is 4. The van der Waals surface area contributed by atoms with Gasteiger partial charge in [-0.25, -0.2) is 8.42 Å². The molecule has 1 heterocycles. The first-order valence-electron chi connectivity index (χ1n) is 7.44. The molecule has 0 spiro atoms. The lowest BCUT2D eigenvalue weighted by Gasteiger charge is -2.27. The van der Waals surface area contributed by atoms with E-state index in [-0.39, 0.29) is 11.7 Å². The summed E-state index contributed by atoms with van der Waals surface area (Å²) in [5.41, 5.74) is 1.13. The second-order valence-electron chi connectivity index (χ2n) is 5.46. The van der Waals surface area contributed by atoms with Crippen LogP contribution in [0.3, 0.4) is 0 Å². The number of nitrogens with zero attached hydrogens (tertiary/aromatic N) is 1. The zero-order chi connectivity index (χ0) is 17.2. The van der Waals surface area contributed by atoms with Gasteiger partial charge in [0, 0.05) is 16.7 Å². The van der Waals surface area contributed by atoms with Crippen LogP contribution >= 0.6 is 0 Å². The van der Waals surface area contributed by atoms with E-state index in [4.69, 9.17) is 4.74 Å². The van der Waals surface area contributed by atoms with Crippen molar-refractivity contribution in [1.82, 2.24) is 0 Å². The van der Waals surface area contributed by atoms with Gasteiger partial charge in [0.1, 0.15) is 5.75 Å². The number of ether oxygens (including phenoxy) is 1. The molecule has 5 nitrogen and oxygen atoms in total. The van der Waals surface area contributed by atoms with E-state index in [1.807, 2.05) is 18.2 Å². The highest BCUT2D eigenvalue weighted by molar-refractivity contribution is 7.94. The normalized spacial score (nSPS) is 18.3. The number of carbonyl (C=O) groups excluding carboxylic acids is 1. The van der Waals surface area contributed by atoms with Crippen molar-refractivity contribution in [2.45, 2.75) is 6.04 Å². The van der Waals surface area contributed by atoms with Gasteiger partial charge in [0.2, 0.25) is 0 Å². The third-order valence-electron chi connectivity index (χ3n) is 3.83. The molecule has 0 aliphatic carbocycles. The number of anilines is 1. The van der Waals surface area contributed by atoms with E-state index in [0.717, 1.165) is 0 Å². The largest absolute Gasteiger partial charge is 0.497 e. The fraction of sp³-hybridized carbons (Fsp3) is 0.167. The van der Waals surface area contributed by atoms with Gasteiger partial charge in [-0.05, 0) is 42.5 Å². The number of benzene rings is 2. The molecule has 124 valence electrons. The van der Waals surface area contributed by atoms with Crippen LogP contribution < -0.4 is 9.64 Å². The summed E-state index contributed by atoms with van der Waals surface area (Å²) in [7, 11) is -1.71. The molecule has 3 rings (SSSR count). The van der Waals surface area contributed by atoms with E-state index < -0.39 is 15.9 Å². The van der Waals surface area contributed by atoms with Crippen LogP contribution in [0.15, 0.2) is 66.1 Å². The Morgan fingerprint density at radius 1 is 1.08 bits per heavy atom. The number of sulfone groups is 1. The summed E-state index contributed by atoms with van der Waals surface area (Å²) in [4.78, 5) is 14.5. The molecule has 1 aliphatic heterocycles. The molecule has 2 aromatic rings. The Hall–Kier alpha value is -2.60. The van der Waals surface area contributed by atoms with Gasteiger partial charge in [-0.15, -0.1) is 0 Å². The molecule has 2 aromatic carbocycles. The van der Waals surface area contributed by atoms with Gasteiger partial charge in [-0.2, -0.15) is 0 Å². The van der Waals surface area contributed by atoms with Gasteiger partial charge >= 0.3 is 0 Å². The molecule has 0 aromatic heterocycles. The van der Waals surface area contributed by atoms with E-state index >= 15 is 0 Å². The monoisotopic (exact) mass is 343 g/mol.